The Morgan fingerprint density at radius 1 is 1.03 bits per heavy atom. The molecule has 1 aromatic heterocycles. The normalized spacial score (nSPS) is 10.7. The van der Waals surface area contributed by atoms with Crippen LogP contribution >= 0.6 is 23.2 Å². The van der Waals surface area contributed by atoms with E-state index in [1.165, 1.54) is 7.11 Å². The molecule has 0 aliphatic carbocycles. The highest BCUT2D eigenvalue weighted by atomic mass is 35.5. The van der Waals surface area contributed by atoms with Crippen molar-refractivity contribution in [2.45, 2.75) is 6.42 Å². The van der Waals surface area contributed by atoms with Crippen molar-refractivity contribution in [3.05, 3.63) is 87.9 Å². The Hall–Kier alpha value is -4.01. The first-order chi connectivity index (χ1) is 17.9. The average Bonchev–Trinajstić information content (AvgIpc) is 3.33. The number of ether oxygens (including phenoxy) is 2. The van der Waals surface area contributed by atoms with Crippen LogP contribution in [0.1, 0.15) is 15.9 Å². The second kappa shape index (κ2) is 11.8. The molecule has 0 unspecified atom stereocenters. The van der Waals surface area contributed by atoms with Crippen LogP contribution in [0, 0.1) is 0 Å². The van der Waals surface area contributed by atoms with Gasteiger partial charge in [0, 0.05) is 16.1 Å². The molecule has 0 spiro atoms. The fraction of sp³-hybridized carbons (Fsp3) is 0.148. The van der Waals surface area contributed by atoms with Gasteiger partial charge in [-0.25, -0.2) is 0 Å². The van der Waals surface area contributed by atoms with Gasteiger partial charge in [0.25, 0.3) is 5.91 Å². The summed E-state index contributed by atoms with van der Waals surface area (Å²) in [6, 6.07) is 18.9. The number of nitrogens with one attached hydrogen (secondary N) is 1. The summed E-state index contributed by atoms with van der Waals surface area (Å²) in [6.45, 7) is 0.304. The summed E-state index contributed by atoms with van der Waals surface area (Å²) >= 11 is 12.1. The first-order valence-electron chi connectivity index (χ1n) is 11.2. The number of methoxy groups -OCH3 is 1. The van der Waals surface area contributed by atoms with Crippen LogP contribution < -0.4 is 14.8 Å². The van der Waals surface area contributed by atoms with E-state index in [9.17, 15) is 14.7 Å². The lowest BCUT2D eigenvalue weighted by Gasteiger charge is -2.12. The molecule has 3 aromatic carbocycles. The van der Waals surface area contributed by atoms with Gasteiger partial charge in [-0.15, -0.1) is 0 Å². The number of halogens is 2. The zero-order chi connectivity index (χ0) is 26.4. The second-order valence-electron chi connectivity index (χ2n) is 7.89. The highest BCUT2D eigenvalue weighted by Crippen LogP contribution is 2.37. The Morgan fingerprint density at radius 2 is 1.78 bits per heavy atom. The van der Waals surface area contributed by atoms with Crippen LogP contribution in [0.25, 0.3) is 22.6 Å². The fourth-order valence-corrected chi connectivity index (χ4v) is 4.17. The maximum absolute atomic E-state index is 13.4. The number of carboxylic acid groups (broad SMARTS) is 1. The smallest absolute Gasteiger partial charge is 0.307 e. The molecule has 0 radical (unpaired) electrons. The number of carboxylic acids is 1. The van der Waals surface area contributed by atoms with Gasteiger partial charge in [-0.2, -0.15) is 0 Å². The zero-order valence-corrected chi connectivity index (χ0v) is 21.2. The van der Waals surface area contributed by atoms with E-state index in [0.29, 0.717) is 38.2 Å². The van der Waals surface area contributed by atoms with Crippen molar-refractivity contribution in [2.24, 2.45) is 0 Å². The summed E-state index contributed by atoms with van der Waals surface area (Å²) in [6.07, 6.45) is -0.202. The van der Waals surface area contributed by atoms with Gasteiger partial charge in [0.2, 0.25) is 0 Å². The number of rotatable bonds is 10. The van der Waals surface area contributed by atoms with Crippen LogP contribution in [-0.4, -0.2) is 42.4 Å². The lowest BCUT2D eigenvalue weighted by molar-refractivity contribution is -0.136. The average molecular weight is 541 g/mol. The number of amides is 1. The Bertz CT molecular complexity index is 1420. The van der Waals surface area contributed by atoms with Crippen molar-refractivity contribution in [2.75, 3.05) is 20.3 Å². The van der Waals surface area contributed by atoms with Crippen molar-refractivity contribution >= 4 is 35.1 Å². The van der Waals surface area contributed by atoms with Gasteiger partial charge in [-0.05, 0) is 35.9 Å². The lowest BCUT2D eigenvalue weighted by Crippen LogP contribution is -2.28. The van der Waals surface area contributed by atoms with Crippen LogP contribution in [0.3, 0.4) is 0 Å². The highest BCUT2D eigenvalue weighted by molar-refractivity contribution is 6.35. The number of carbonyl (C=O) groups excluding carboxylic acids is 1. The van der Waals surface area contributed by atoms with E-state index >= 15 is 0 Å². The maximum Gasteiger partial charge on any atom is 0.307 e. The molecule has 190 valence electrons. The molecule has 1 amide bonds. The van der Waals surface area contributed by atoms with Crippen molar-refractivity contribution in [3.63, 3.8) is 0 Å². The molecule has 0 saturated carbocycles. The molecule has 2 N–H and O–H groups in total. The largest absolute Gasteiger partial charge is 0.496 e. The predicted octanol–water partition coefficient (Wildman–Crippen LogP) is 5.76. The van der Waals surface area contributed by atoms with Gasteiger partial charge in [0.05, 0.1) is 25.1 Å². The van der Waals surface area contributed by atoms with E-state index in [-0.39, 0.29) is 36.6 Å². The van der Waals surface area contributed by atoms with Crippen molar-refractivity contribution in [3.8, 4) is 34.1 Å². The van der Waals surface area contributed by atoms with Crippen LogP contribution in [0.2, 0.25) is 10.0 Å². The Balaban J connectivity index is 1.64. The molecular weight excluding hydrogens is 519 g/mol. The van der Waals surface area contributed by atoms with Gasteiger partial charge in [-0.3, -0.25) is 9.59 Å². The fourth-order valence-electron chi connectivity index (χ4n) is 3.70. The lowest BCUT2D eigenvalue weighted by atomic mass is 9.98. The quantitative estimate of drug-likeness (QED) is 0.246. The summed E-state index contributed by atoms with van der Waals surface area (Å²) in [5.41, 5.74) is 2.01. The molecular formula is C27H22Cl2N2O6. The zero-order valence-electron chi connectivity index (χ0n) is 19.7. The van der Waals surface area contributed by atoms with Crippen molar-refractivity contribution < 1.29 is 28.7 Å². The molecule has 37 heavy (non-hydrogen) atoms. The van der Waals surface area contributed by atoms with Gasteiger partial charge in [0.15, 0.2) is 5.76 Å². The molecule has 8 nitrogen and oxygen atoms in total. The number of nitrogens with zero attached hydrogens (tertiary/aromatic N) is 1. The molecule has 0 saturated heterocycles. The molecule has 0 bridgehead atoms. The van der Waals surface area contributed by atoms with Crippen LogP contribution in [0.4, 0.5) is 0 Å². The molecule has 0 fully saturated rings. The number of benzene rings is 3. The summed E-state index contributed by atoms with van der Waals surface area (Å²) in [7, 11) is 1.48. The Morgan fingerprint density at radius 3 is 2.49 bits per heavy atom. The summed E-state index contributed by atoms with van der Waals surface area (Å²) < 4.78 is 16.8. The molecule has 0 aliphatic rings. The summed E-state index contributed by atoms with van der Waals surface area (Å²) in [4.78, 5) is 24.7. The monoisotopic (exact) mass is 540 g/mol. The third kappa shape index (κ3) is 6.22. The predicted molar refractivity (Wildman–Crippen MR) is 140 cm³/mol. The Kier molecular flexibility index (Phi) is 8.32. The topological polar surface area (TPSA) is 111 Å². The van der Waals surface area contributed by atoms with E-state index in [1.807, 2.05) is 18.2 Å². The second-order valence-corrected chi connectivity index (χ2v) is 8.73. The minimum atomic E-state index is -0.986. The van der Waals surface area contributed by atoms with Crippen molar-refractivity contribution in [1.29, 1.82) is 0 Å². The van der Waals surface area contributed by atoms with Crippen LogP contribution in [0.15, 0.2) is 71.3 Å². The number of carbonyl (C=O) groups is 2. The first kappa shape index (κ1) is 26.1. The van der Waals surface area contributed by atoms with Crippen LogP contribution in [-0.2, 0) is 11.2 Å². The van der Waals surface area contributed by atoms with E-state index in [1.54, 1.807) is 48.5 Å². The van der Waals surface area contributed by atoms with Crippen molar-refractivity contribution in [1.82, 2.24) is 10.5 Å². The molecule has 4 rings (SSSR count). The van der Waals surface area contributed by atoms with Crippen LogP contribution in [0.5, 0.6) is 11.5 Å². The van der Waals surface area contributed by atoms with E-state index < -0.39 is 11.9 Å². The third-order valence-electron chi connectivity index (χ3n) is 5.37. The van der Waals surface area contributed by atoms with Gasteiger partial charge < -0.3 is 24.4 Å². The molecule has 4 aromatic rings. The number of aromatic nitrogens is 1. The molecule has 0 atom stereocenters. The Labute approximate surface area is 222 Å². The number of aliphatic carboxylic acids is 1. The molecule has 0 aliphatic heterocycles. The van der Waals surface area contributed by atoms with Gasteiger partial charge >= 0.3 is 5.97 Å². The number of hydrogen-bond donors (Lipinski definition) is 2. The van der Waals surface area contributed by atoms with Gasteiger partial charge in [0.1, 0.15) is 29.4 Å². The molecule has 1 heterocycles. The third-order valence-corrected chi connectivity index (χ3v) is 5.90. The summed E-state index contributed by atoms with van der Waals surface area (Å²) in [5, 5.41) is 17.1. The van der Waals surface area contributed by atoms with E-state index in [0.717, 1.165) is 0 Å². The van der Waals surface area contributed by atoms with Gasteiger partial charge in [-0.1, -0.05) is 64.8 Å². The minimum absolute atomic E-state index is 0.145. The SMILES string of the molecule is COc1ccc(CC(=O)O)cc1-c1noc(-c2ccccc2)c1C(=O)NCCOc1ccc(Cl)cc1Cl. The summed E-state index contributed by atoms with van der Waals surface area (Å²) in [5.74, 6) is -0.320. The maximum atomic E-state index is 13.4. The van der Waals surface area contributed by atoms with E-state index in [4.69, 9.17) is 37.2 Å². The standard InChI is InChI=1S/C27H22Cl2N2O6/c1-35-21-9-7-16(14-23(32)33)13-19(21)25-24(26(37-31-25)17-5-3-2-4-6-17)27(34)30-11-12-36-22-10-8-18(28)15-20(22)29/h2-10,13,15H,11-12,14H2,1H3,(H,30,34)(H,32,33). The van der Waals surface area contributed by atoms with E-state index in [2.05, 4.69) is 10.5 Å². The molecule has 10 heteroatoms. The first-order valence-corrected chi connectivity index (χ1v) is 11.9. The highest BCUT2D eigenvalue weighted by Gasteiger charge is 2.27. The number of hydrogen-bond acceptors (Lipinski definition) is 6. The minimum Gasteiger partial charge on any atom is -0.496 e.